The van der Waals surface area contributed by atoms with Crippen molar-refractivity contribution in [3.05, 3.63) is 12.2 Å². The molecule has 5 nitrogen and oxygen atoms in total. The molecule has 0 aliphatic rings. The van der Waals surface area contributed by atoms with Gasteiger partial charge in [0.05, 0.1) is 0 Å². The van der Waals surface area contributed by atoms with Crippen LogP contribution in [0.2, 0.25) is 0 Å². The Morgan fingerprint density at radius 1 is 0.857 bits per heavy atom. The molecule has 0 aliphatic carbocycles. The topological polar surface area (TPSA) is 86.6 Å². The third-order valence-electron chi connectivity index (χ3n) is 4.65. The van der Waals surface area contributed by atoms with E-state index >= 15 is 0 Å². The summed E-state index contributed by atoms with van der Waals surface area (Å²) in [6, 6.07) is 0. The fourth-order valence-electron chi connectivity index (χ4n) is 2.90. The molecule has 0 aromatic heterocycles. The summed E-state index contributed by atoms with van der Waals surface area (Å²) in [6.45, 7) is 2.44. The minimum Gasteiger partial charge on any atom is -0.356 e. The number of carbonyl (C=O) groups excluding carboxylic acids is 1. The molecular weight excluding hydrogens is 393 g/mol. The van der Waals surface area contributed by atoms with E-state index in [4.69, 9.17) is 9.79 Å². The molecule has 164 valence electrons. The zero-order valence-electron chi connectivity index (χ0n) is 17.5. The number of amides is 1. The van der Waals surface area contributed by atoms with E-state index in [2.05, 4.69) is 36.6 Å². The van der Waals surface area contributed by atoms with Crippen LogP contribution >= 0.6 is 19.8 Å². The van der Waals surface area contributed by atoms with Gasteiger partial charge in [-0.2, -0.15) is 0 Å². The summed E-state index contributed by atoms with van der Waals surface area (Å²) in [7, 11) is -4.29. The predicted molar refractivity (Wildman–Crippen MR) is 122 cm³/mol. The maximum absolute atomic E-state index is 11.7. The number of unbranched alkanes of at least 4 members (excludes halogenated alkanes) is 11. The van der Waals surface area contributed by atoms with Gasteiger partial charge >= 0.3 is 7.60 Å². The van der Waals surface area contributed by atoms with Crippen molar-refractivity contribution < 1.29 is 19.1 Å². The number of hydrogen-bond donors (Lipinski definition) is 3. The molecule has 0 atom stereocenters. The van der Waals surface area contributed by atoms with Crippen LogP contribution in [-0.4, -0.2) is 26.8 Å². The highest BCUT2D eigenvalue weighted by Gasteiger charge is 2.19. The number of carbonyl (C=O) groups is 1. The van der Waals surface area contributed by atoms with Crippen LogP contribution in [0.3, 0.4) is 0 Å². The zero-order valence-corrected chi connectivity index (χ0v) is 19.2. The lowest BCUT2D eigenvalue weighted by atomic mass is 10.1. The van der Waals surface area contributed by atoms with Crippen molar-refractivity contribution in [3.63, 3.8) is 0 Å². The van der Waals surface area contributed by atoms with E-state index in [1.807, 2.05) is 0 Å². The maximum Gasteiger partial charge on any atom is 0.362 e. The summed E-state index contributed by atoms with van der Waals surface area (Å²) >= 11 is 4.63. The SMILES string of the molecule is CCCCCCCC/C=C\CCCCCCCC(=O)NCCC(=S)P(=O)(O)O. The number of hydrogen-bond acceptors (Lipinski definition) is 3. The van der Waals surface area contributed by atoms with Crippen LogP contribution in [-0.2, 0) is 9.36 Å². The van der Waals surface area contributed by atoms with Crippen molar-refractivity contribution in [2.45, 2.75) is 103 Å². The maximum atomic E-state index is 11.7. The van der Waals surface area contributed by atoms with Crippen molar-refractivity contribution in [1.82, 2.24) is 5.32 Å². The molecule has 0 heterocycles. The average Bonchev–Trinajstić information content (AvgIpc) is 2.64. The van der Waals surface area contributed by atoms with E-state index < -0.39 is 7.60 Å². The first kappa shape index (κ1) is 27.5. The largest absolute Gasteiger partial charge is 0.362 e. The first-order chi connectivity index (χ1) is 13.4. The second kappa shape index (κ2) is 18.5. The highest BCUT2D eigenvalue weighted by molar-refractivity contribution is 7.97. The number of thiocarbonyl (C=S) groups is 1. The summed E-state index contributed by atoms with van der Waals surface area (Å²) in [4.78, 5) is 29.4. The van der Waals surface area contributed by atoms with Crippen LogP contribution in [0.25, 0.3) is 0 Å². The fourth-order valence-corrected chi connectivity index (χ4v) is 3.40. The molecule has 0 unspecified atom stereocenters. The third-order valence-corrected chi connectivity index (χ3v) is 6.44. The van der Waals surface area contributed by atoms with Gasteiger partial charge in [0.2, 0.25) is 5.91 Å². The Balaban J connectivity index is 3.36. The van der Waals surface area contributed by atoms with Gasteiger partial charge in [0.1, 0.15) is 4.61 Å². The first-order valence-electron chi connectivity index (χ1n) is 10.9. The van der Waals surface area contributed by atoms with Gasteiger partial charge < -0.3 is 15.1 Å². The Kier molecular flexibility index (Phi) is 18.1. The van der Waals surface area contributed by atoms with Crippen LogP contribution in [0.15, 0.2) is 12.2 Å². The fraction of sp³-hybridized carbons (Fsp3) is 0.810. The predicted octanol–water partition coefficient (Wildman–Crippen LogP) is 6.04. The highest BCUT2D eigenvalue weighted by Crippen LogP contribution is 2.37. The molecule has 0 saturated carbocycles. The van der Waals surface area contributed by atoms with E-state index in [1.54, 1.807) is 0 Å². The van der Waals surface area contributed by atoms with Gasteiger partial charge in [-0.3, -0.25) is 9.36 Å². The number of rotatable bonds is 19. The van der Waals surface area contributed by atoms with Gasteiger partial charge in [0.15, 0.2) is 0 Å². The Hall–Kier alpha value is -0.550. The third kappa shape index (κ3) is 18.8. The molecule has 3 N–H and O–H groups in total. The zero-order chi connectivity index (χ0) is 21.1. The molecule has 0 bridgehead atoms. The molecule has 0 rings (SSSR count). The molecule has 0 aromatic carbocycles. The normalized spacial score (nSPS) is 11.8. The van der Waals surface area contributed by atoms with Gasteiger partial charge in [-0.25, -0.2) is 0 Å². The molecule has 1 amide bonds. The van der Waals surface area contributed by atoms with E-state index in [-0.39, 0.29) is 23.5 Å². The molecule has 28 heavy (non-hydrogen) atoms. The van der Waals surface area contributed by atoms with Crippen LogP contribution in [0.4, 0.5) is 0 Å². The molecule has 7 heteroatoms. The number of nitrogens with one attached hydrogen (secondary N) is 1. The van der Waals surface area contributed by atoms with E-state index in [0.29, 0.717) is 6.42 Å². The molecule has 0 spiro atoms. The van der Waals surface area contributed by atoms with Crippen LogP contribution < -0.4 is 5.32 Å². The van der Waals surface area contributed by atoms with Crippen molar-refractivity contribution in [2.75, 3.05) is 6.54 Å². The first-order valence-corrected chi connectivity index (χ1v) is 12.9. The Morgan fingerprint density at radius 3 is 1.89 bits per heavy atom. The monoisotopic (exact) mass is 433 g/mol. The van der Waals surface area contributed by atoms with Crippen molar-refractivity contribution >= 4 is 30.3 Å². The van der Waals surface area contributed by atoms with Crippen LogP contribution in [0.1, 0.15) is 103 Å². The number of allylic oxidation sites excluding steroid dienone is 2. The lowest BCUT2D eigenvalue weighted by Gasteiger charge is -2.07. The van der Waals surface area contributed by atoms with E-state index in [0.717, 1.165) is 25.7 Å². The minimum atomic E-state index is -4.29. The standard InChI is InChI=1S/C21H40NO4PS/c1-2-3-4-5-6-7-8-9-10-11-12-13-14-15-16-17-20(23)22-19-18-21(28)27(24,25)26/h9-10H,2-8,11-19H2,1H3,(H,22,23)(H2,24,25,26)/b10-9-. The smallest absolute Gasteiger partial charge is 0.356 e. The molecule has 0 radical (unpaired) electrons. The van der Waals surface area contributed by atoms with Gasteiger partial charge in [-0.05, 0) is 32.1 Å². The highest BCUT2D eigenvalue weighted by atomic mass is 32.1. The summed E-state index contributed by atoms with van der Waals surface area (Å²) < 4.78 is 10.6. The van der Waals surface area contributed by atoms with E-state index in [9.17, 15) is 9.36 Å². The van der Waals surface area contributed by atoms with Crippen molar-refractivity contribution in [3.8, 4) is 0 Å². The second-order valence-electron chi connectivity index (χ2n) is 7.37. The van der Waals surface area contributed by atoms with Gasteiger partial charge in [0, 0.05) is 19.4 Å². The lowest BCUT2D eigenvalue weighted by Crippen LogP contribution is -2.25. The van der Waals surface area contributed by atoms with Gasteiger partial charge in [-0.1, -0.05) is 82.7 Å². The van der Waals surface area contributed by atoms with Crippen LogP contribution in [0.5, 0.6) is 0 Å². The molecule has 0 fully saturated rings. The average molecular weight is 434 g/mol. The molecule has 0 aliphatic heterocycles. The summed E-state index contributed by atoms with van der Waals surface area (Å²) in [5.74, 6) is -0.0776. The Labute approximate surface area is 176 Å². The Morgan fingerprint density at radius 2 is 1.36 bits per heavy atom. The lowest BCUT2D eigenvalue weighted by molar-refractivity contribution is -0.121. The van der Waals surface area contributed by atoms with Gasteiger partial charge in [0.25, 0.3) is 0 Å². The van der Waals surface area contributed by atoms with Crippen molar-refractivity contribution in [2.24, 2.45) is 0 Å². The Bertz CT molecular complexity index is 491. The summed E-state index contributed by atoms with van der Waals surface area (Å²) in [5.41, 5.74) is 0. The molecule has 0 aromatic rings. The minimum absolute atomic E-state index is 0.0394. The summed E-state index contributed by atoms with van der Waals surface area (Å²) in [5, 5.41) is 2.66. The van der Waals surface area contributed by atoms with Crippen LogP contribution in [0, 0.1) is 0 Å². The van der Waals surface area contributed by atoms with E-state index in [1.165, 1.54) is 57.8 Å². The summed E-state index contributed by atoms with van der Waals surface area (Å²) in [6.07, 6.45) is 21.0. The van der Waals surface area contributed by atoms with Crippen molar-refractivity contribution in [1.29, 1.82) is 0 Å². The molecular formula is C21H40NO4PS. The molecule has 0 saturated heterocycles. The van der Waals surface area contributed by atoms with Gasteiger partial charge in [-0.15, -0.1) is 0 Å². The quantitative estimate of drug-likeness (QED) is 0.100. The second-order valence-corrected chi connectivity index (χ2v) is 9.80.